The Balaban J connectivity index is 1.72. The Morgan fingerprint density at radius 2 is 1.82 bits per heavy atom. The Hall–Kier alpha value is -4.08. The van der Waals surface area contributed by atoms with Gasteiger partial charge in [0.25, 0.3) is 0 Å². The van der Waals surface area contributed by atoms with Crippen LogP contribution in [0.3, 0.4) is 0 Å². The van der Waals surface area contributed by atoms with E-state index in [1.54, 1.807) is 52.2 Å². The zero-order valence-corrected chi connectivity index (χ0v) is 19.7. The lowest BCUT2D eigenvalue weighted by Gasteiger charge is -2.19. The number of esters is 2. The minimum absolute atomic E-state index is 0.113. The summed E-state index contributed by atoms with van der Waals surface area (Å²) in [5, 5.41) is 9.23. The summed E-state index contributed by atoms with van der Waals surface area (Å²) in [6.07, 6.45) is 3.40. The molecule has 0 spiro atoms. The Labute approximate surface area is 195 Å². The molecular weight excluding hydrogens is 438 g/mol. The van der Waals surface area contributed by atoms with Gasteiger partial charge in [-0.05, 0) is 45.4 Å². The fraction of sp³-hybridized carbons (Fsp3) is 0.333. The van der Waals surface area contributed by atoms with E-state index in [2.05, 4.69) is 15.2 Å². The second kappa shape index (κ2) is 8.69. The number of ether oxygens (including phenoxy) is 2. The Kier molecular flexibility index (Phi) is 5.90. The average Bonchev–Trinajstić information content (AvgIpc) is 3.33. The van der Waals surface area contributed by atoms with Crippen molar-refractivity contribution in [2.45, 2.75) is 46.8 Å². The first kappa shape index (κ1) is 23.1. The van der Waals surface area contributed by atoms with Crippen LogP contribution in [0, 0.1) is 0 Å². The Bertz CT molecular complexity index is 1430. The molecule has 10 heteroatoms. The van der Waals surface area contributed by atoms with Gasteiger partial charge in [-0.25, -0.2) is 14.3 Å². The lowest BCUT2D eigenvalue weighted by Crippen LogP contribution is -2.26. The van der Waals surface area contributed by atoms with Gasteiger partial charge in [0.2, 0.25) is 0 Å². The first-order valence-corrected chi connectivity index (χ1v) is 10.8. The highest BCUT2D eigenvalue weighted by molar-refractivity contribution is 6.06. The molecule has 0 bridgehead atoms. The van der Waals surface area contributed by atoms with Gasteiger partial charge in [0.15, 0.2) is 17.1 Å². The molecule has 34 heavy (non-hydrogen) atoms. The number of hydrogen-bond donors (Lipinski definition) is 0. The maximum absolute atomic E-state index is 12.3. The number of ketones is 1. The molecule has 0 atom stereocenters. The minimum Gasteiger partial charge on any atom is -0.461 e. The highest BCUT2D eigenvalue weighted by atomic mass is 16.6. The minimum atomic E-state index is -0.623. The van der Waals surface area contributed by atoms with Crippen molar-refractivity contribution in [2.24, 2.45) is 0 Å². The van der Waals surface area contributed by atoms with Crippen LogP contribution in [-0.4, -0.2) is 54.3 Å². The van der Waals surface area contributed by atoms with E-state index < -0.39 is 17.5 Å². The van der Waals surface area contributed by atoms with E-state index in [4.69, 9.17) is 9.47 Å². The van der Waals surface area contributed by atoms with Crippen LogP contribution in [-0.2, 0) is 20.8 Å². The number of Topliss-reactive ketones (excluding diaryl/α,β-unsaturated/α-hetero) is 1. The summed E-state index contributed by atoms with van der Waals surface area (Å²) >= 11 is 0. The van der Waals surface area contributed by atoms with Gasteiger partial charge in [0, 0.05) is 36.3 Å². The second-order valence-corrected chi connectivity index (χ2v) is 8.78. The lowest BCUT2D eigenvalue weighted by atomic mass is 10.0. The quantitative estimate of drug-likeness (QED) is 0.315. The Morgan fingerprint density at radius 3 is 2.50 bits per heavy atom. The van der Waals surface area contributed by atoms with E-state index in [1.165, 1.54) is 16.1 Å². The SMILES string of the molecule is CCOC(=O)c1cc2ncc(-c3ccc4c(c3)c(C(C)=O)nn4CC(=O)OC(C)(C)C)cn2n1. The number of carbonyl (C=O) groups is 3. The summed E-state index contributed by atoms with van der Waals surface area (Å²) in [5.74, 6) is -1.17. The summed E-state index contributed by atoms with van der Waals surface area (Å²) in [7, 11) is 0. The first-order valence-electron chi connectivity index (χ1n) is 10.8. The number of benzene rings is 1. The molecule has 176 valence electrons. The predicted octanol–water partition coefficient (Wildman–Crippen LogP) is 3.47. The van der Waals surface area contributed by atoms with Gasteiger partial charge in [-0.2, -0.15) is 10.2 Å². The molecule has 0 aliphatic heterocycles. The normalized spacial score (nSPS) is 11.7. The fourth-order valence-electron chi connectivity index (χ4n) is 3.57. The molecule has 3 aromatic heterocycles. The summed E-state index contributed by atoms with van der Waals surface area (Å²) in [6, 6.07) is 7.02. The second-order valence-electron chi connectivity index (χ2n) is 8.78. The number of hydrogen-bond acceptors (Lipinski definition) is 8. The maximum atomic E-state index is 12.3. The monoisotopic (exact) mass is 463 g/mol. The van der Waals surface area contributed by atoms with E-state index in [9.17, 15) is 14.4 Å². The van der Waals surface area contributed by atoms with Crippen molar-refractivity contribution in [1.82, 2.24) is 24.4 Å². The van der Waals surface area contributed by atoms with Gasteiger partial charge in [-0.1, -0.05) is 6.07 Å². The molecule has 4 aromatic rings. The van der Waals surface area contributed by atoms with Gasteiger partial charge >= 0.3 is 11.9 Å². The summed E-state index contributed by atoms with van der Waals surface area (Å²) in [4.78, 5) is 41.0. The van der Waals surface area contributed by atoms with Crippen LogP contribution in [0.15, 0.2) is 36.7 Å². The van der Waals surface area contributed by atoms with Crippen LogP contribution in [0.25, 0.3) is 27.7 Å². The third-order valence-corrected chi connectivity index (χ3v) is 4.91. The van der Waals surface area contributed by atoms with Crippen molar-refractivity contribution in [3.05, 3.63) is 48.0 Å². The highest BCUT2D eigenvalue weighted by Gasteiger charge is 2.21. The molecule has 10 nitrogen and oxygen atoms in total. The fourth-order valence-corrected chi connectivity index (χ4v) is 3.57. The van der Waals surface area contributed by atoms with E-state index in [0.29, 0.717) is 16.6 Å². The van der Waals surface area contributed by atoms with Crippen LogP contribution in [0.5, 0.6) is 0 Å². The third-order valence-electron chi connectivity index (χ3n) is 4.91. The van der Waals surface area contributed by atoms with Crippen molar-refractivity contribution in [3.8, 4) is 11.1 Å². The lowest BCUT2D eigenvalue weighted by molar-refractivity contribution is -0.155. The molecule has 0 fully saturated rings. The molecule has 1 aromatic carbocycles. The van der Waals surface area contributed by atoms with Crippen LogP contribution < -0.4 is 0 Å². The number of nitrogens with zero attached hydrogens (tertiary/aromatic N) is 5. The average molecular weight is 463 g/mol. The highest BCUT2D eigenvalue weighted by Crippen LogP contribution is 2.27. The van der Waals surface area contributed by atoms with E-state index >= 15 is 0 Å². The molecule has 0 radical (unpaired) electrons. The molecule has 0 N–H and O–H groups in total. The number of carbonyl (C=O) groups excluding carboxylic acids is 3. The van der Waals surface area contributed by atoms with E-state index in [1.807, 2.05) is 12.1 Å². The molecule has 0 saturated carbocycles. The standard InChI is InChI=1S/C24H25N5O5/c1-6-33-23(32)18-10-20-25-11-16(12-29(20)26-18)15-7-8-19-17(9-15)22(14(2)30)27-28(19)13-21(31)34-24(3,4)5/h7-12H,6,13H2,1-5H3. The van der Waals surface area contributed by atoms with Crippen molar-refractivity contribution in [1.29, 1.82) is 0 Å². The van der Waals surface area contributed by atoms with Crippen molar-refractivity contribution in [2.75, 3.05) is 6.61 Å². The number of aromatic nitrogens is 5. The smallest absolute Gasteiger partial charge is 0.358 e. The van der Waals surface area contributed by atoms with Crippen LogP contribution in [0.2, 0.25) is 0 Å². The van der Waals surface area contributed by atoms with Crippen LogP contribution in [0.1, 0.15) is 55.6 Å². The van der Waals surface area contributed by atoms with Crippen molar-refractivity contribution < 1.29 is 23.9 Å². The van der Waals surface area contributed by atoms with E-state index in [0.717, 1.165) is 11.1 Å². The topological polar surface area (TPSA) is 118 Å². The predicted molar refractivity (Wildman–Crippen MR) is 124 cm³/mol. The number of rotatable bonds is 6. The largest absolute Gasteiger partial charge is 0.461 e. The van der Waals surface area contributed by atoms with Gasteiger partial charge in [-0.3, -0.25) is 14.3 Å². The van der Waals surface area contributed by atoms with Gasteiger partial charge in [-0.15, -0.1) is 0 Å². The molecule has 0 unspecified atom stereocenters. The summed E-state index contributed by atoms with van der Waals surface area (Å²) < 4.78 is 13.4. The summed E-state index contributed by atoms with van der Waals surface area (Å²) in [6.45, 7) is 8.67. The van der Waals surface area contributed by atoms with Gasteiger partial charge in [0.1, 0.15) is 17.8 Å². The molecule has 4 rings (SSSR count). The Morgan fingerprint density at radius 1 is 1.06 bits per heavy atom. The molecule has 0 aliphatic rings. The van der Waals surface area contributed by atoms with Gasteiger partial charge in [0.05, 0.1) is 12.1 Å². The first-order chi connectivity index (χ1) is 16.1. The zero-order valence-electron chi connectivity index (χ0n) is 19.7. The molecule has 0 saturated heterocycles. The van der Waals surface area contributed by atoms with Gasteiger partial charge < -0.3 is 9.47 Å². The number of fused-ring (bicyclic) bond motifs is 2. The third kappa shape index (κ3) is 4.66. The van der Waals surface area contributed by atoms with Crippen molar-refractivity contribution >= 4 is 34.3 Å². The maximum Gasteiger partial charge on any atom is 0.358 e. The molecular formula is C24H25N5O5. The van der Waals surface area contributed by atoms with Crippen molar-refractivity contribution in [3.63, 3.8) is 0 Å². The summed E-state index contributed by atoms with van der Waals surface area (Å²) in [5.41, 5.74) is 2.45. The zero-order chi connectivity index (χ0) is 24.6. The molecule has 0 aliphatic carbocycles. The van der Waals surface area contributed by atoms with Crippen LogP contribution in [0.4, 0.5) is 0 Å². The van der Waals surface area contributed by atoms with E-state index in [-0.39, 0.29) is 30.3 Å². The van der Waals surface area contributed by atoms with Crippen LogP contribution >= 0.6 is 0 Å². The molecule has 0 amide bonds. The molecule has 3 heterocycles.